The minimum Gasteiger partial charge on any atom is -0.366 e. The van der Waals surface area contributed by atoms with Crippen molar-refractivity contribution in [2.24, 2.45) is 0 Å². The molecule has 1 fully saturated rings. The molecule has 1 aliphatic rings. The van der Waals surface area contributed by atoms with Gasteiger partial charge in [0.05, 0.1) is 10.2 Å². The number of thiophene rings is 1. The van der Waals surface area contributed by atoms with E-state index in [2.05, 4.69) is 37.5 Å². The molecule has 140 valence electrons. The molecule has 0 saturated heterocycles. The fourth-order valence-corrected chi connectivity index (χ4v) is 4.54. The quantitative estimate of drug-likeness (QED) is 0.543. The van der Waals surface area contributed by atoms with Crippen molar-refractivity contribution < 1.29 is 4.79 Å². The molecule has 3 N–H and O–H groups in total. The lowest BCUT2D eigenvalue weighted by Gasteiger charge is -2.29. The summed E-state index contributed by atoms with van der Waals surface area (Å²) in [4.78, 5) is 25.0. The number of nitrogens with zero attached hydrogens (tertiary/aromatic N) is 3. The Labute approximate surface area is 165 Å². The van der Waals surface area contributed by atoms with Crippen LogP contribution in [0.15, 0.2) is 35.7 Å². The zero-order valence-electron chi connectivity index (χ0n) is 14.6. The molecule has 1 aliphatic carbocycles. The van der Waals surface area contributed by atoms with Crippen LogP contribution in [0.3, 0.4) is 0 Å². The minimum atomic E-state index is -0.0968. The number of hydrogen-bond donors (Lipinski definition) is 3. The third-order valence-corrected chi connectivity index (χ3v) is 6.15. The Morgan fingerprint density at radius 3 is 2.70 bits per heavy atom. The van der Waals surface area contributed by atoms with Crippen molar-refractivity contribution in [3.63, 3.8) is 0 Å². The highest BCUT2D eigenvalue weighted by Crippen LogP contribution is 2.31. The van der Waals surface area contributed by atoms with E-state index in [0.717, 1.165) is 46.8 Å². The molecule has 0 bridgehead atoms. The predicted octanol–water partition coefficient (Wildman–Crippen LogP) is 3.92. The van der Waals surface area contributed by atoms with E-state index in [0.29, 0.717) is 12.0 Å². The van der Waals surface area contributed by atoms with Crippen molar-refractivity contribution in [3.05, 3.63) is 35.7 Å². The van der Waals surface area contributed by atoms with E-state index in [9.17, 15) is 4.79 Å². The first-order valence-corrected chi connectivity index (χ1v) is 10.6. The van der Waals surface area contributed by atoms with Crippen LogP contribution in [0.5, 0.6) is 0 Å². The summed E-state index contributed by atoms with van der Waals surface area (Å²) in [7, 11) is 0. The molecule has 0 radical (unpaired) electrons. The fourth-order valence-electron chi connectivity index (χ4n) is 3.23. The molecule has 9 heteroatoms. The Balaban J connectivity index is 1.46. The first-order valence-electron chi connectivity index (χ1n) is 8.82. The number of rotatable bonds is 6. The largest absolute Gasteiger partial charge is 0.366 e. The third-order valence-electron chi connectivity index (χ3n) is 4.55. The molecular weight excluding hydrogens is 380 g/mol. The van der Waals surface area contributed by atoms with Crippen LogP contribution in [0.25, 0.3) is 10.2 Å². The summed E-state index contributed by atoms with van der Waals surface area (Å²) < 4.78 is 1.06. The summed E-state index contributed by atoms with van der Waals surface area (Å²) in [5.74, 6) is 1.30. The van der Waals surface area contributed by atoms with Crippen molar-refractivity contribution in [1.29, 1.82) is 0 Å². The van der Waals surface area contributed by atoms with E-state index in [1.165, 1.54) is 17.4 Å². The van der Waals surface area contributed by atoms with Crippen LogP contribution in [0.2, 0.25) is 0 Å². The summed E-state index contributed by atoms with van der Waals surface area (Å²) >= 11 is 3.15. The summed E-state index contributed by atoms with van der Waals surface area (Å²) in [5.41, 5.74) is 0.920. The highest BCUT2D eigenvalue weighted by atomic mass is 32.1. The second-order valence-corrected chi connectivity index (χ2v) is 8.21. The van der Waals surface area contributed by atoms with Gasteiger partial charge in [0.25, 0.3) is 0 Å². The SMILES string of the molecule is C=CC(=O)NC1CCC(Nc2nc(Nc3nccs3)nc3ccsc23)CC1. The molecule has 27 heavy (non-hydrogen) atoms. The molecule has 4 rings (SSSR count). The molecule has 7 nitrogen and oxygen atoms in total. The number of carbonyl (C=O) groups excluding carboxylic acids is 1. The van der Waals surface area contributed by atoms with Gasteiger partial charge in [0.2, 0.25) is 11.9 Å². The van der Waals surface area contributed by atoms with Crippen LogP contribution in [0.1, 0.15) is 25.7 Å². The second-order valence-electron chi connectivity index (χ2n) is 6.40. The van der Waals surface area contributed by atoms with Crippen LogP contribution in [0.4, 0.5) is 16.9 Å². The molecule has 3 heterocycles. The molecule has 0 unspecified atom stereocenters. The summed E-state index contributed by atoms with van der Waals surface area (Å²) in [5, 5.41) is 14.5. The number of anilines is 3. The van der Waals surface area contributed by atoms with Gasteiger partial charge in [-0.25, -0.2) is 9.97 Å². The molecule has 0 spiro atoms. The van der Waals surface area contributed by atoms with E-state index in [1.54, 1.807) is 17.5 Å². The first-order chi connectivity index (χ1) is 13.2. The normalized spacial score (nSPS) is 19.6. The maximum Gasteiger partial charge on any atom is 0.243 e. The summed E-state index contributed by atoms with van der Waals surface area (Å²) in [6.45, 7) is 3.51. The van der Waals surface area contributed by atoms with E-state index >= 15 is 0 Å². The Morgan fingerprint density at radius 2 is 1.96 bits per heavy atom. The van der Waals surface area contributed by atoms with Gasteiger partial charge in [-0.15, -0.1) is 22.7 Å². The average Bonchev–Trinajstić information content (AvgIpc) is 3.35. The average molecular weight is 401 g/mol. The molecule has 3 aromatic heterocycles. The van der Waals surface area contributed by atoms with Gasteiger partial charge >= 0.3 is 0 Å². The molecule has 3 aromatic rings. The maximum atomic E-state index is 11.5. The van der Waals surface area contributed by atoms with Gasteiger partial charge in [0.15, 0.2) is 5.13 Å². The standard InChI is InChI=1S/C18H20N6OS2/c1-2-14(25)20-11-3-5-12(6-4-11)21-16-15-13(7-9-26-15)22-17(23-16)24-18-19-8-10-27-18/h2,7-12H,1,3-6H2,(H,20,25)(H2,19,21,22,23,24). The van der Waals surface area contributed by atoms with Crippen molar-refractivity contribution in [3.8, 4) is 0 Å². The monoisotopic (exact) mass is 400 g/mol. The minimum absolute atomic E-state index is 0.0968. The lowest BCUT2D eigenvalue weighted by atomic mass is 9.91. The van der Waals surface area contributed by atoms with Crippen LogP contribution >= 0.6 is 22.7 Å². The van der Waals surface area contributed by atoms with Crippen molar-refractivity contribution in [2.75, 3.05) is 10.6 Å². The number of aromatic nitrogens is 3. The van der Waals surface area contributed by atoms with Crippen LogP contribution in [-0.2, 0) is 4.79 Å². The van der Waals surface area contributed by atoms with Crippen molar-refractivity contribution in [2.45, 2.75) is 37.8 Å². The van der Waals surface area contributed by atoms with Gasteiger partial charge in [-0.2, -0.15) is 4.98 Å². The van der Waals surface area contributed by atoms with Gasteiger partial charge in [-0.1, -0.05) is 6.58 Å². The zero-order valence-corrected chi connectivity index (χ0v) is 16.3. The number of carbonyl (C=O) groups is 1. The highest BCUT2D eigenvalue weighted by Gasteiger charge is 2.23. The Kier molecular flexibility index (Phi) is 5.30. The van der Waals surface area contributed by atoms with Crippen molar-refractivity contribution in [1.82, 2.24) is 20.3 Å². The van der Waals surface area contributed by atoms with Gasteiger partial charge in [0, 0.05) is 23.7 Å². The van der Waals surface area contributed by atoms with Crippen LogP contribution in [0, 0.1) is 0 Å². The number of amides is 1. The molecule has 0 aromatic carbocycles. The van der Waals surface area contributed by atoms with Gasteiger partial charge in [-0.05, 0) is 43.2 Å². The van der Waals surface area contributed by atoms with Gasteiger partial charge < -0.3 is 10.6 Å². The van der Waals surface area contributed by atoms with Crippen LogP contribution < -0.4 is 16.0 Å². The number of fused-ring (bicyclic) bond motifs is 1. The molecule has 0 atom stereocenters. The smallest absolute Gasteiger partial charge is 0.243 e. The fraction of sp³-hybridized carbons (Fsp3) is 0.333. The van der Waals surface area contributed by atoms with Crippen LogP contribution in [-0.4, -0.2) is 32.9 Å². The van der Waals surface area contributed by atoms with Gasteiger partial charge in [0.1, 0.15) is 5.82 Å². The topological polar surface area (TPSA) is 91.8 Å². The molecule has 0 aliphatic heterocycles. The predicted molar refractivity (Wildman–Crippen MR) is 111 cm³/mol. The van der Waals surface area contributed by atoms with E-state index in [1.807, 2.05) is 16.8 Å². The van der Waals surface area contributed by atoms with Crippen molar-refractivity contribution >= 4 is 55.7 Å². The number of thiazole rings is 1. The lowest BCUT2D eigenvalue weighted by molar-refractivity contribution is -0.117. The Bertz CT molecular complexity index is 931. The van der Waals surface area contributed by atoms with E-state index in [4.69, 9.17) is 0 Å². The van der Waals surface area contributed by atoms with E-state index in [-0.39, 0.29) is 11.9 Å². The molecule has 1 amide bonds. The molecular formula is C18H20N6OS2. The maximum absolute atomic E-state index is 11.5. The Hall–Kier alpha value is -2.52. The van der Waals surface area contributed by atoms with E-state index < -0.39 is 0 Å². The summed E-state index contributed by atoms with van der Waals surface area (Å²) in [6.07, 6.45) is 6.93. The highest BCUT2D eigenvalue weighted by molar-refractivity contribution is 7.17. The third kappa shape index (κ3) is 4.25. The lowest BCUT2D eigenvalue weighted by Crippen LogP contribution is -2.39. The zero-order chi connectivity index (χ0) is 18.6. The Morgan fingerprint density at radius 1 is 1.15 bits per heavy atom. The second kappa shape index (κ2) is 8.01. The first kappa shape index (κ1) is 17.9. The summed E-state index contributed by atoms with van der Waals surface area (Å²) in [6, 6.07) is 2.55. The van der Waals surface area contributed by atoms with Gasteiger partial charge in [-0.3, -0.25) is 10.1 Å². The molecule has 1 saturated carbocycles. The number of nitrogens with one attached hydrogen (secondary N) is 3. The number of hydrogen-bond acceptors (Lipinski definition) is 8.